The van der Waals surface area contributed by atoms with Gasteiger partial charge in [0, 0.05) is 44.2 Å². The molecule has 1 aliphatic rings. The SMILES string of the molecule is O=C(CCc1cccc(F)c1)N1CCN(Cc2cccc(Cl)c2)CC1. The summed E-state index contributed by atoms with van der Waals surface area (Å²) in [6, 6.07) is 14.4. The molecule has 0 atom stereocenters. The second-order valence-electron chi connectivity index (χ2n) is 6.42. The van der Waals surface area contributed by atoms with Gasteiger partial charge in [0.25, 0.3) is 0 Å². The summed E-state index contributed by atoms with van der Waals surface area (Å²) in [5, 5.41) is 0.753. The van der Waals surface area contributed by atoms with Gasteiger partial charge in [-0.1, -0.05) is 35.9 Å². The number of carbonyl (C=O) groups excluding carboxylic acids is 1. The van der Waals surface area contributed by atoms with Gasteiger partial charge in [-0.15, -0.1) is 0 Å². The molecule has 0 aromatic heterocycles. The maximum atomic E-state index is 13.2. The van der Waals surface area contributed by atoms with Crippen LogP contribution in [0.4, 0.5) is 4.39 Å². The van der Waals surface area contributed by atoms with Crippen LogP contribution >= 0.6 is 11.6 Å². The van der Waals surface area contributed by atoms with Gasteiger partial charge in [0.05, 0.1) is 0 Å². The Bertz CT molecular complexity index is 729. The number of benzene rings is 2. The fourth-order valence-electron chi connectivity index (χ4n) is 3.15. The van der Waals surface area contributed by atoms with Crippen molar-refractivity contribution in [3.05, 3.63) is 70.5 Å². The van der Waals surface area contributed by atoms with Gasteiger partial charge in [-0.25, -0.2) is 4.39 Å². The van der Waals surface area contributed by atoms with Gasteiger partial charge in [0.1, 0.15) is 5.82 Å². The molecular formula is C20H22ClFN2O. The van der Waals surface area contributed by atoms with Gasteiger partial charge in [-0.05, 0) is 41.8 Å². The maximum Gasteiger partial charge on any atom is 0.222 e. The Morgan fingerprint density at radius 1 is 1.00 bits per heavy atom. The van der Waals surface area contributed by atoms with Crippen molar-refractivity contribution in [3.63, 3.8) is 0 Å². The van der Waals surface area contributed by atoms with Gasteiger partial charge in [-0.2, -0.15) is 0 Å². The van der Waals surface area contributed by atoms with Crippen LogP contribution in [0, 0.1) is 5.82 Å². The topological polar surface area (TPSA) is 23.6 Å². The second kappa shape index (κ2) is 8.45. The molecule has 0 radical (unpaired) electrons. The Hall–Kier alpha value is -1.91. The lowest BCUT2D eigenvalue weighted by Crippen LogP contribution is -2.48. The number of nitrogens with zero attached hydrogens (tertiary/aromatic N) is 2. The molecule has 3 nitrogen and oxygen atoms in total. The molecule has 2 aromatic rings. The number of aryl methyl sites for hydroxylation is 1. The summed E-state index contributed by atoms with van der Waals surface area (Å²) in [4.78, 5) is 16.6. The number of halogens is 2. The smallest absolute Gasteiger partial charge is 0.222 e. The highest BCUT2D eigenvalue weighted by Crippen LogP contribution is 2.15. The molecule has 3 rings (SSSR count). The Labute approximate surface area is 153 Å². The largest absolute Gasteiger partial charge is 0.340 e. The lowest BCUT2D eigenvalue weighted by molar-refractivity contribution is -0.133. The van der Waals surface area contributed by atoms with E-state index in [4.69, 9.17) is 11.6 Å². The fourth-order valence-corrected chi connectivity index (χ4v) is 3.36. The van der Waals surface area contributed by atoms with Crippen molar-refractivity contribution in [2.45, 2.75) is 19.4 Å². The molecule has 132 valence electrons. The number of carbonyl (C=O) groups is 1. The average Bonchev–Trinajstić information content (AvgIpc) is 2.60. The predicted octanol–water partition coefficient (Wildman–Crippen LogP) is 3.76. The molecule has 0 N–H and O–H groups in total. The number of hydrogen-bond acceptors (Lipinski definition) is 2. The van der Waals surface area contributed by atoms with E-state index in [2.05, 4.69) is 11.0 Å². The van der Waals surface area contributed by atoms with Crippen molar-refractivity contribution < 1.29 is 9.18 Å². The number of hydrogen-bond donors (Lipinski definition) is 0. The molecule has 1 aliphatic heterocycles. The Morgan fingerprint density at radius 2 is 1.72 bits per heavy atom. The van der Waals surface area contributed by atoms with E-state index in [9.17, 15) is 9.18 Å². The Balaban J connectivity index is 1.44. The monoisotopic (exact) mass is 360 g/mol. The summed E-state index contributed by atoms with van der Waals surface area (Å²) >= 11 is 6.03. The minimum absolute atomic E-state index is 0.145. The molecule has 5 heteroatoms. The first-order valence-electron chi connectivity index (χ1n) is 8.59. The summed E-state index contributed by atoms with van der Waals surface area (Å²) in [7, 11) is 0. The van der Waals surface area contributed by atoms with Crippen molar-refractivity contribution in [2.24, 2.45) is 0 Å². The number of amides is 1. The van der Waals surface area contributed by atoms with Gasteiger partial charge >= 0.3 is 0 Å². The number of piperazine rings is 1. The van der Waals surface area contributed by atoms with Crippen LogP contribution in [0.5, 0.6) is 0 Å². The van der Waals surface area contributed by atoms with E-state index in [0.717, 1.165) is 43.3 Å². The summed E-state index contributed by atoms with van der Waals surface area (Å²) in [6.07, 6.45) is 1.01. The lowest BCUT2D eigenvalue weighted by Gasteiger charge is -2.35. The standard InChI is InChI=1S/C20H22ClFN2O/c21-18-5-1-4-17(13-18)15-23-9-11-24(12-10-23)20(25)8-7-16-3-2-6-19(22)14-16/h1-6,13-14H,7-12,15H2. The zero-order chi connectivity index (χ0) is 17.6. The lowest BCUT2D eigenvalue weighted by atomic mass is 10.1. The minimum atomic E-state index is -0.250. The first-order valence-corrected chi connectivity index (χ1v) is 8.97. The third-order valence-electron chi connectivity index (χ3n) is 4.54. The minimum Gasteiger partial charge on any atom is -0.340 e. The van der Waals surface area contributed by atoms with Crippen LogP contribution in [-0.4, -0.2) is 41.9 Å². The summed E-state index contributed by atoms with van der Waals surface area (Å²) in [6.45, 7) is 4.05. The molecule has 1 fully saturated rings. The predicted molar refractivity (Wildman–Crippen MR) is 98.0 cm³/mol. The highest BCUT2D eigenvalue weighted by Gasteiger charge is 2.20. The highest BCUT2D eigenvalue weighted by molar-refractivity contribution is 6.30. The van der Waals surface area contributed by atoms with Gasteiger partial charge in [-0.3, -0.25) is 9.69 Å². The third kappa shape index (κ3) is 5.28. The van der Waals surface area contributed by atoms with Crippen molar-refractivity contribution in [3.8, 4) is 0 Å². The molecule has 1 heterocycles. The maximum absolute atomic E-state index is 13.2. The molecule has 1 amide bonds. The summed E-state index contributed by atoms with van der Waals surface area (Å²) in [5.41, 5.74) is 2.06. The highest BCUT2D eigenvalue weighted by atomic mass is 35.5. The summed E-state index contributed by atoms with van der Waals surface area (Å²) in [5.74, 6) is -0.105. The fraction of sp³-hybridized carbons (Fsp3) is 0.350. The van der Waals surface area contributed by atoms with Crippen LogP contribution in [0.2, 0.25) is 5.02 Å². The van der Waals surface area contributed by atoms with Gasteiger partial charge in [0.2, 0.25) is 5.91 Å². The molecule has 0 bridgehead atoms. The average molecular weight is 361 g/mol. The van der Waals surface area contributed by atoms with Crippen LogP contribution in [-0.2, 0) is 17.8 Å². The Morgan fingerprint density at radius 3 is 2.44 bits per heavy atom. The van der Waals surface area contributed by atoms with Gasteiger partial charge in [0.15, 0.2) is 0 Å². The molecule has 0 saturated carbocycles. The van der Waals surface area contributed by atoms with Crippen molar-refractivity contribution in [2.75, 3.05) is 26.2 Å². The van der Waals surface area contributed by atoms with Crippen molar-refractivity contribution in [1.82, 2.24) is 9.80 Å². The summed E-state index contributed by atoms with van der Waals surface area (Å²) < 4.78 is 13.2. The van der Waals surface area contributed by atoms with Crippen LogP contribution in [0.3, 0.4) is 0 Å². The Kier molecular flexibility index (Phi) is 6.05. The first kappa shape index (κ1) is 17.9. The van der Waals surface area contributed by atoms with Crippen LogP contribution in [0.25, 0.3) is 0 Å². The molecule has 0 unspecified atom stereocenters. The molecule has 1 saturated heterocycles. The zero-order valence-corrected chi connectivity index (χ0v) is 14.9. The molecule has 0 aliphatic carbocycles. The van der Waals surface area contributed by atoms with E-state index in [1.165, 1.54) is 17.7 Å². The van der Waals surface area contributed by atoms with E-state index in [-0.39, 0.29) is 11.7 Å². The van der Waals surface area contributed by atoms with Crippen LogP contribution in [0.1, 0.15) is 17.5 Å². The molecular weight excluding hydrogens is 339 g/mol. The van der Waals surface area contributed by atoms with Crippen molar-refractivity contribution >= 4 is 17.5 Å². The normalized spacial score (nSPS) is 15.4. The van der Waals surface area contributed by atoms with Crippen LogP contribution in [0.15, 0.2) is 48.5 Å². The van der Waals surface area contributed by atoms with Gasteiger partial charge < -0.3 is 4.90 Å². The second-order valence-corrected chi connectivity index (χ2v) is 6.85. The first-order chi connectivity index (χ1) is 12.1. The van der Waals surface area contributed by atoms with Crippen molar-refractivity contribution in [1.29, 1.82) is 0 Å². The quantitative estimate of drug-likeness (QED) is 0.810. The third-order valence-corrected chi connectivity index (χ3v) is 4.77. The number of rotatable bonds is 5. The molecule has 25 heavy (non-hydrogen) atoms. The van der Waals surface area contributed by atoms with E-state index in [0.29, 0.717) is 12.8 Å². The van der Waals surface area contributed by atoms with E-state index >= 15 is 0 Å². The van der Waals surface area contributed by atoms with E-state index in [1.807, 2.05) is 29.2 Å². The molecule has 2 aromatic carbocycles. The zero-order valence-electron chi connectivity index (χ0n) is 14.1. The van der Waals surface area contributed by atoms with E-state index in [1.54, 1.807) is 6.07 Å². The van der Waals surface area contributed by atoms with E-state index < -0.39 is 0 Å². The molecule has 0 spiro atoms. The van der Waals surface area contributed by atoms with Crippen LogP contribution < -0.4 is 0 Å².